The van der Waals surface area contributed by atoms with Gasteiger partial charge in [-0.25, -0.2) is 9.78 Å². The van der Waals surface area contributed by atoms with Crippen LogP contribution in [0.3, 0.4) is 0 Å². The normalized spacial score (nSPS) is 10.6. The van der Waals surface area contributed by atoms with Gasteiger partial charge in [0, 0.05) is 19.7 Å². The van der Waals surface area contributed by atoms with E-state index in [1.807, 2.05) is 0 Å². The molecule has 0 amide bonds. The number of aromatic carboxylic acids is 1. The molecule has 0 radical (unpaired) electrons. The summed E-state index contributed by atoms with van der Waals surface area (Å²) in [6, 6.07) is 3.59. The summed E-state index contributed by atoms with van der Waals surface area (Å²) in [5.74, 6) is -1.01. The predicted molar refractivity (Wildman–Crippen MR) is 65.6 cm³/mol. The van der Waals surface area contributed by atoms with Crippen molar-refractivity contribution < 1.29 is 14.6 Å². The highest BCUT2D eigenvalue weighted by atomic mass is 16.5. The lowest BCUT2D eigenvalue weighted by Crippen LogP contribution is -2.33. The van der Waals surface area contributed by atoms with E-state index >= 15 is 0 Å². The zero-order chi connectivity index (χ0) is 12.8. The van der Waals surface area contributed by atoms with Crippen LogP contribution in [-0.2, 0) is 4.74 Å². The van der Waals surface area contributed by atoms with Crippen LogP contribution < -0.4 is 4.90 Å². The summed E-state index contributed by atoms with van der Waals surface area (Å²) < 4.78 is 5.05. The van der Waals surface area contributed by atoms with Crippen LogP contribution in [0.1, 0.15) is 24.3 Å². The smallest absolute Gasteiger partial charge is 0.354 e. The summed E-state index contributed by atoms with van der Waals surface area (Å²) >= 11 is 0. The first-order valence-electron chi connectivity index (χ1n) is 5.51. The lowest BCUT2D eigenvalue weighted by molar-refractivity contribution is 0.0690. The van der Waals surface area contributed by atoms with Gasteiger partial charge in [0.1, 0.15) is 5.69 Å². The van der Waals surface area contributed by atoms with Crippen LogP contribution >= 0.6 is 0 Å². The number of aromatic nitrogens is 1. The summed E-state index contributed by atoms with van der Waals surface area (Å²) in [6.45, 7) is 5.52. The molecule has 0 atom stereocenters. The van der Waals surface area contributed by atoms with E-state index < -0.39 is 5.97 Å². The van der Waals surface area contributed by atoms with Gasteiger partial charge >= 0.3 is 5.97 Å². The van der Waals surface area contributed by atoms with Crippen LogP contribution in [-0.4, -0.2) is 42.4 Å². The molecule has 5 heteroatoms. The number of carboxylic acid groups (broad SMARTS) is 1. The molecule has 1 aromatic rings. The molecule has 0 unspecified atom stereocenters. The summed E-state index contributed by atoms with van der Waals surface area (Å²) in [5.41, 5.74) is 0.964. The van der Waals surface area contributed by atoms with Crippen molar-refractivity contribution in [3.05, 3.63) is 24.0 Å². The Bertz CT molecular complexity index is 363. The quantitative estimate of drug-likeness (QED) is 0.816. The lowest BCUT2D eigenvalue weighted by atomic mass is 10.2. The lowest BCUT2D eigenvalue weighted by Gasteiger charge is -2.28. The molecule has 0 aliphatic carbocycles. The Morgan fingerprint density at radius 1 is 1.53 bits per heavy atom. The highest BCUT2D eigenvalue weighted by Gasteiger charge is 2.11. The maximum absolute atomic E-state index is 10.7. The molecule has 5 nitrogen and oxygen atoms in total. The van der Waals surface area contributed by atoms with Gasteiger partial charge in [0.25, 0.3) is 0 Å². The van der Waals surface area contributed by atoms with E-state index in [9.17, 15) is 4.79 Å². The second kappa shape index (κ2) is 6.20. The molecule has 0 spiro atoms. The number of methoxy groups -OCH3 is 1. The number of hydrogen-bond donors (Lipinski definition) is 1. The first-order chi connectivity index (χ1) is 8.06. The van der Waals surface area contributed by atoms with Gasteiger partial charge in [-0.2, -0.15) is 0 Å². The first kappa shape index (κ1) is 13.4. The van der Waals surface area contributed by atoms with Gasteiger partial charge in [0.05, 0.1) is 18.5 Å². The van der Waals surface area contributed by atoms with Crippen molar-refractivity contribution in [2.75, 3.05) is 25.2 Å². The van der Waals surface area contributed by atoms with Crippen molar-refractivity contribution in [2.24, 2.45) is 0 Å². The fraction of sp³-hybridized carbons (Fsp3) is 0.500. The van der Waals surface area contributed by atoms with Crippen LogP contribution in [0.2, 0.25) is 0 Å². The van der Waals surface area contributed by atoms with E-state index in [2.05, 4.69) is 23.7 Å². The molecule has 1 heterocycles. The third-order valence-electron chi connectivity index (χ3n) is 2.46. The number of ether oxygens (including phenoxy) is 1. The molecule has 0 aliphatic rings. The molecule has 0 fully saturated rings. The largest absolute Gasteiger partial charge is 0.477 e. The Balaban J connectivity index is 2.83. The fourth-order valence-electron chi connectivity index (χ4n) is 1.56. The van der Waals surface area contributed by atoms with E-state index in [0.717, 1.165) is 12.2 Å². The van der Waals surface area contributed by atoms with Crippen molar-refractivity contribution in [3.8, 4) is 0 Å². The topological polar surface area (TPSA) is 62.7 Å². The van der Waals surface area contributed by atoms with Gasteiger partial charge in [0.15, 0.2) is 0 Å². The SMILES string of the molecule is COCCN(c1ccc(C(=O)O)nc1)C(C)C. The van der Waals surface area contributed by atoms with Crippen molar-refractivity contribution >= 4 is 11.7 Å². The zero-order valence-corrected chi connectivity index (χ0v) is 10.4. The molecular weight excluding hydrogens is 220 g/mol. The van der Waals surface area contributed by atoms with Gasteiger partial charge in [-0.05, 0) is 26.0 Å². The fourth-order valence-corrected chi connectivity index (χ4v) is 1.56. The van der Waals surface area contributed by atoms with Crippen molar-refractivity contribution in [1.29, 1.82) is 0 Å². The zero-order valence-electron chi connectivity index (χ0n) is 10.4. The molecule has 94 valence electrons. The number of carboxylic acids is 1. The van der Waals surface area contributed by atoms with Crippen molar-refractivity contribution in [2.45, 2.75) is 19.9 Å². The van der Waals surface area contributed by atoms with Gasteiger partial charge < -0.3 is 14.7 Å². The summed E-state index contributed by atoms with van der Waals surface area (Å²) in [7, 11) is 1.66. The molecular formula is C12H18N2O3. The molecule has 0 aromatic carbocycles. The van der Waals surface area contributed by atoms with Gasteiger partial charge in [-0.1, -0.05) is 0 Å². The van der Waals surface area contributed by atoms with Crippen LogP contribution in [0.15, 0.2) is 18.3 Å². The van der Waals surface area contributed by atoms with Gasteiger partial charge in [-0.15, -0.1) is 0 Å². The van der Waals surface area contributed by atoms with Crippen LogP contribution in [0.25, 0.3) is 0 Å². The van der Waals surface area contributed by atoms with E-state index in [1.54, 1.807) is 19.4 Å². The van der Waals surface area contributed by atoms with Crippen LogP contribution in [0.5, 0.6) is 0 Å². The third kappa shape index (κ3) is 3.71. The molecule has 1 rings (SSSR count). The second-order valence-electron chi connectivity index (χ2n) is 3.99. The standard InChI is InChI=1S/C12H18N2O3/c1-9(2)14(6-7-17-3)10-4-5-11(12(15)16)13-8-10/h4-5,8-9H,6-7H2,1-3H3,(H,15,16). The summed E-state index contributed by atoms with van der Waals surface area (Å²) in [5, 5.41) is 8.77. The number of pyridine rings is 1. The van der Waals surface area contributed by atoms with E-state index in [-0.39, 0.29) is 5.69 Å². The molecule has 0 saturated carbocycles. The minimum Gasteiger partial charge on any atom is -0.477 e. The van der Waals surface area contributed by atoms with Crippen LogP contribution in [0.4, 0.5) is 5.69 Å². The highest BCUT2D eigenvalue weighted by Crippen LogP contribution is 2.15. The Labute approximate surface area is 101 Å². The Hall–Kier alpha value is -1.62. The minimum atomic E-state index is -1.01. The van der Waals surface area contributed by atoms with E-state index in [0.29, 0.717) is 12.6 Å². The highest BCUT2D eigenvalue weighted by molar-refractivity contribution is 5.85. The first-order valence-corrected chi connectivity index (χ1v) is 5.51. The molecule has 1 aromatic heterocycles. The Morgan fingerprint density at radius 2 is 2.24 bits per heavy atom. The number of anilines is 1. The average Bonchev–Trinajstić information content (AvgIpc) is 2.29. The maximum atomic E-state index is 10.7. The minimum absolute atomic E-state index is 0.0594. The molecule has 1 N–H and O–H groups in total. The van der Waals surface area contributed by atoms with Gasteiger partial charge in [0.2, 0.25) is 0 Å². The monoisotopic (exact) mass is 238 g/mol. The molecule has 0 saturated heterocycles. The maximum Gasteiger partial charge on any atom is 0.354 e. The molecule has 0 aliphatic heterocycles. The predicted octanol–water partition coefficient (Wildman–Crippen LogP) is 1.64. The third-order valence-corrected chi connectivity index (χ3v) is 2.46. The van der Waals surface area contributed by atoms with Gasteiger partial charge in [-0.3, -0.25) is 0 Å². The number of hydrogen-bond acceptors (Lipinski definition) is 4. The number of rotatable bonds is 6. The number of carbonyl (C=O) groups is 1. The average molecular weight is 238 g/mol. The summed E-state index contributed by atoms with van der Waals surface area (Å²) in [4.78, 5) is 16.7. The Morgan fingerprint density at radius 3 is 2.65 bits per heavy atom. The van der Waals surface area contributed by atoms with Crippen molar-refractivity contribution in [3.63, 3.8) is 0 Å². The molecule has 0 bridgehead atoms. The second-order valence-corrected chi connectivity index (χ2v) is 3.99. The van der Waals surface area contributed by atoms with E-state index in [1.165, 1.54) is 6.07 Å². The van der Waals surface area contributed by atoms with E-state index in [4.69, 9.17) is 9.84 Å². The summed E-state index contributed by atoms with van der Waals surface area (Å²) in [6.07, 6.45) is 1.58. The number of nitrogens with zero attached hydrogens (tertiary/aromatic N) is 2. The van der Waals surface area contributed by atoms with Crippen LogP contribution in [0, 0.1) is 0 Å². The van der Waals surface area contributed by atoms with Crippen molar-refractivity contribution in [1.82, 2.24) is 4.98 Å². The Kier molecular flexibility index (Phi) is 4.90. The molecule has 17 heavy (non-hydrogen) atoms.